The maximum absolute atomic E-state index is 13.0. The molecule has 1 aliphatic rings. The fourth-order valence-electron chi connectivity index (χ4n) is 3.72. The Hall–Kier alpha value is -2.33. The number of nitrogens with one attached hydrogen (secondary N) is 2. The van der Waals surface area contributed by atoms with Crippen molar-refractivity contribution >= 4 is 11.7 Å². The number of urea groups is 1. The van der Waals surface area contributed by atoms with Crippen molar-refractivity contribution in [2.75, 3.05) is 25.0 Å². The molecule has 0 atom stereocenters. The highest BCUT2D eigenvalue weighted by Crippen LogP contribution is 2.31. The molecule has 0 aromatic heterocycles. The first kappa shape index (κ1) is 18.5. The summed E-state index contributed by atoms with van der Waals surface area (Å²) in [6, 6.07) is 16.5. The van der Waals surface area contributed by atoms with Gasteiger partial charge in [0.05, 0.1) is 0 Å². The number of nitrogens with zero attached hydrogens (tertiary/aromatic N) is 1. The summed E-state index contributed by atoms with van der Waals surface area (Å²) < 4.78 is 0. The molecule has 1 aliphatic heterocycles. The largest absolute Gasteiger partial charge is 0.323 e. The first-order valence-corrected chi connectivity index (χ1v) is 9.44. The average molecular weight is 351 g/mol. The lowest BCUT2D eigenvalue weighted by molar-refractivity contribution is 0.202. The topological polar surface area (TPSA) is 44.4 Å². The molecule has 4 heteroatoms. The number of carbonyl (C=O) groups is 1. The summed E-state index contributed by atoms with van der Waals surface area (Å²) in [6.45, 7) is 9.63. The number of carbonyl (C=O) groups excluding carboxylic acids is 1. The standard InChI is InChI=1S/C22H29N3O/c1-4-23-15-18-10-6-8-12-20(18)24-21(26)25-14-13-17-9-5-7-11-19(17)22(2,3)16-25/h5-12,23H,4,13-16H2,1-3H3,(H,24,26). The van der Waals surface area contributed by atoms with Crippen molar-refractivity contribution in [3.05, 3.63) is 65.2 Å². The molecule has 0 unspecified atom stereocenters. The van der Waals surface area contributed by atoms with E-state index in [2.05, 4.69) is 61.7 Å². The molecule has 2 aromatic carbocycles. The number of para-hydroxylation sites is 1. The lowest BCUT2D eigenvalue weighted by Crippen LogP contribution is -2.42. The second-order valence-corrected chi connectivity index (χ2v) is 7.58. The molecule has 1 heterocycles. The molecular formula is C22H29N3O. The number of benzene rings is 2. The summed E-state index contributed by atoms with van der Waals surface area (Å²) in [4.78, 5) is 14.9. The van der Waals surface area contributed by atoms with Crippen LogP contribution in [0.2, 0.25) is 0 Å². The Morgan fingerprint density at radius 3 is 2.65 bits per heavy atom. The predicted octanol–water partition coefficient (Wildman–Crippen LogP) is 4.16. The molecule has 0 fully saturated rings. The number of rotatable bonds is 4. The molecule has 2 aromatic rings. The molecule has 4 nitrogen and oxygen atoms in total. The van der Waals surface area contributed by atoms with E-state index < -0.39 is 0 Å². The van der Waals surface area contributed by atoms with Crippen molar-refractivity contribution < 1.29 is 4.79 Å². The highest BCUT2D eigenvalue weighted by atomic mass is 16.2. The zero-order chi connectivity index (χ0) is 18.6. The van der Waals surface area contributed by atoms with E-state index in [1.807, 2.05) is 23.1 Å². The molecule has 2 N–H and O–H groups in total. The van der Waals surface area contributed by atoms with Crippen LogP contribution in [-0.2, 0) is 18.4 Å². The monoisotopic (exact) mass is 351 g/mol. The second kappa shape index (κ2) is 7.92. The van der Waals surface area contributed by atoms with Gasteiger partial charge in [0.1, 0.15) is 0 Å². The number of amides is 2. The molecule has 0 saturated heterocycles. The Bertz CT molecular complexity index is 769. The first-order valence-electron chi connectivity index (χ1n) is 9.44. The lowest BCUT2D eigenvalue weighted by Gasteiger charge is -2.31. The quantitative estimate of drug-likeness (QED) is 0.868. The zero-order valence-corrected chi connectivity index (χ0v) is 16.0. The van der Waals surface area contributed by atoms with E-state index in [1.54, 1.807) is 0 Å². The van der Waals surface area contributed by atoms with E-state index in [0.717, 1.165) is 37.3 Å². The van der Waals surface area contributed by atoms with Crippen LogP contribution in [0.4, 0.5) is 10.5 Å². The van der Waals surface area contributed by atoms with Gasteiger partial charge in [-0.15, -0.1) is 0 Å². The summed E-state index contributed by atoms with van der Waals surface area (Å²) in [5, 5.41) is 6.46. The maximum Gasteiger partial charge on any atom is 0.321 e. The molecule has 26 heavy (non-hydrogen) atoms. The third-order valence-corrected chi connectivity index (χ3v) is 5.10. The van der Waals surface area contributed by atoms with Crippen molar-refractivity contribution in [3.8, 4) is 0 Å². The SMILES string of the molecule is CCNCc1ccccc1NC(=O)N1CCc2ccccc2C(C)(C)C1. The van der Waals surface area contributed by atoms with Gasteiger partial charge in [-0.1, -0.05) is 63.2 Å². The molecule has 3 rings (SSSR count). The highest BCUT2D eigenvalue weighted by molar-refractivity contribution is 5.90. The third-order valence-electron chi connectivity index (χ3n) is 5.10. The Balaban J connectivity index is 1.76. The van der Waals surface area contributed by atoms with E-state index in [0.29, 0.717) is 6.54 Å². The molecule has 0 spiro atoms. The number of anilines is 1. The fourth-order valence-corrected chi connectivity index (χ4v) is 3.72. The minimum atomic E-state index is -0.0618. The van der Waals surface area contributed by atoms with E-state index in [4.69, 9.17) is 0 Å². The van der Waals surface area contributed by atoms with Crippen LogP contribution in [0.1, 0.15) is 37.5 Å². The van der Waals surface area contributed by atoms with Crippen molar-refractivity contribution in [2.45, 2.75) is 39.2 Å². The van der Waals surface area contributed by atoms with Crippen LogP contribution >= 0.6 is 0 Å². The molecule has 2 amide bonds. The van der Waals surface area contributed by atoms with Crippen molar-refractivity contribution in [3.63, 3.8) is 0 Å². The molecular weight excluding hydrogens is 322 g/mol. The van der Waals surface area contributed by atoms with Crippen LogP contribution in [0.3, 0.4) is 0 Å². The predicted molar refractivity (Wildman–Crippen MR) is 108 cm³/mol. The normalized spacial score (nSPS) is 15.9. The third kappa shape index (κ3) is 4.07. The van der Waals surface area contributed by atoms with Crippen molar-refractivity contribution in [1.82, 2.24) is 10.2 Å². The summed E-state index contributed by atoms with van der Waals surface area (Å²) in [6.07, 6.45) is 0.895. The lowest BCUT2D eigenvalue weighted by atomic mass is 9.82. The van der Waals surface area contributed by atoms with E-state index in [1.165, 1.54) is 11.1 Å². The van der Waals surface area contributed by atoms with Gasteiger partial charge >= 0.3 is 6.03 Å². The van der Waals surface area contributed by atoms with Crippen LogP contribution in [0.25, 0.3) is 0 Å². The van der Waals surface area contributed by atoms with Gasteiger partial charge in [0.2, 0.25) is 0 Å². The summed E-state index contributed by atoms with van der Waals surface area (Å²) in [5.74, 6) is 0. The first-order chi connectivity index (χ1) is 12.5. The fraction of sp³-hybridized carbons (Fsp3) is 0.409. The van der Waals surface area contributed by atoms with E-state index in [-0.39, 0.29) is 11.4 Å². The van der Waals surface area contributed by atoms with Crippen molar-refractivity contribution in [2.24, 2.45) is 0 Å². The Kier molecular flexibility index (Phi) is 5.62. The molecule has 0 saturated carbocycles. The van der Waals surface area contributed by atoms with Crippen LogP contribution in [0.5, 0.6) is 0 Å². The van der Waals surface area contributed by atoms with Gasteiger partial charge < -0.3 is 15.5 Å². The minimum Gasteiger partial charge on any atom is -0.323 e. The summed E-state index contributed by atoms with van der Waals surface area (Å²) in [5.41, 5.74) is 4.63. The van der Waals surface area contributed by atoms with Gasteiger partial charge in [-0.25, -0.2) is 4.79 Å². The van der Waals surface area contributed by atoms with E-state index >= 15 is 0 Å². The summed E-state index contributed by atoms with van der Waals surface area (Å²) >= 11 is 0. The van der Waals surface area contributed by atoms with Gasteiger partial charge in [0.15, 0.2) is 0 Å². The molecule has 0 bridgehead atoms. The average Bonchev–Trinajstić information content (AvgIpc) is 2.77. The smallest absolute Gasteiger partial charge is 0.321 e. The van der Waals surface area contributed by atoms with Crippen molar-refractivity contribution in [1.29, 1.82) is 0 Å². The maximum atomic E-state index is 13.0. The zero-order valence-electron chi connectivity index (χ0n) is 16.0. The van der Waals surface area contributed by atoms with Crippen LogP contribution in [0.15, 0.2) is 48.5 Å². The van der Waals surface area contributed by atoms with Gasteiger partial charge in [0.25, 0.3) is 0 Å². The van der Waals surface area contributed by atoms with E-state index in [9.17, 15) is 4.79 Å². The summed E-state index contributed by atoms with van der Waals surface area (Å²) in [7, 11) is 0. The molecule has 0 radical (unpaired) electrons. The van der Waals surface area contributed by atoms with Crippen LogP contribution in [-0.4, -0.2) is 30.6 Å². The minimum absolute atomic E-state index is 0.0187. The number of hydrogen-bond acceptors (Lipinski definition) is 2. The Morgan fingerprint density at radius 2 is 1.85 bits per heavy atom. The van der Waals surface area contributed by atoms with Gasteiger partial charge in [-0.05, 0) is 35.7 Å². The number of hydrogen-bond donors (Lipinski definition) is 2. The molecule has 138 valence electrons. The van der Waals surface area contributed by atoms with Crippen LogP contribution in [0, 0.1) is 0 Å². The van der Waals surface area contributed by atoms with Gasteiger partial charge in [-0.2, -0.15) is 0 Å². The van der Waals surface area contributed by atoms with Gasteiger partial charge in [-0.3, -0.25) is 0 Å². The molecule has 0 aliphatic carbocycles. The second-order valence-electron chi connectivity index (χ2n) is 7.58. The Morgan fingerprint density at radius 1 is 1.12 bits per heavy atom. The number of fused-ring (bicyclic) bond motifs is 1. The Labute approximate surface area is 156 Å². The highest BCUT2D eigenvalue weighted by Gasteiger charge is 2.31. The van der Waals surface area contributed by atoms with Gasteiger partial charge in [0, 0.05) is 30.7 Å². The van der Waals surface area contributed by atoms with Crippen LogP contribution < -0.4 is 10.6 Å².